The minimum Gasteiger partial charge on any atom is -0.494 e. The number of carbonyl (C=O) groups excluding carboxylic acids is 1. The maximum atomic E-state index is 13.8. The number of nitrogens with one attached hydrogen (secondary N) is 1. The Morgan fingerprint density at radius 3 is 2.72 bits per heavy atom. The van der Waals surface area contributed by atoms with Crippen LogP contribution in [0.2, 0.25) is 0 Å². The normalized spacial score (nSPS) is 16.0. The fourth-order valence-corrected chi connectivity index (χ4v) is 3.16. The first-order valence-corrected chi connectivity index (χ1v) is 8.46. The lowest BCUT2D eigenvalue weighted by molar-refractivity contribution is 0.0880. The largest absolute Gasteiger partial charge is 0.494 e. The number of hydrogen-bond donors (Lipinski definition) is 1. The first kappa shape index (κ1) is 17.5. The summed E-state index contributed by atoms with van der Waals surface area (Å²) in [6.07, 6.45) is 3.26. The summed E-state index contributed by atoms with van der Waals surface area (Å²) < 4.78 is 24.0. The van der Waals surface area contributed by atoms with Gasteiger partial charge in [-0.05, 0) is 43.5 Å². The monoisotopic (exact) mass is 346 g/mol. The molecule has 3 rings (SSSR count). The Morgan fingerprint density at radius 2 is 2.12 bits per heavy atom. The van der Waals surface area contributed by atoms with Crippen molar-refractivity contribution in [3.05, 3.63) is 53.2 Å². The number of piperidine rings is 1. The third-order valence-corrected chi connectivity index (χ3v) is 4.61. The third kappa shape index (κ3) is 4.20. The zero-order valence-corrected chi connectivity index (χ0v) is 14.5. The van der Waals surface area contributed by atoms with Crippen molar-refractivity contribution in [3.8, 4) is 5.75 Å². The molecule has 0 radical (unpaired) electrons. The van der Waals surface area contributed by atoms with Crippen molar-refractivity contribution in [1.82, 2.24) is 10.2 Å². The van der Waals surface area contributed by atoms with Crippen molar-refractivity contribution >= 4 is 5.91 Å². The second-order valence-corrected chi connectivity index (χ2v) is 6.43. The molecular formula is C19H23FN2O3. The third-order valence-electron chi connectivity index (χ3n) is 4.61. The zero-order valence-electron chi connectivity index (χ0n) is 14.5. The molecule has 0 aliphatic carbocycles. The van der Waals surface area contributed by atoms with Gasteiger partial charge in [0.15, 0.2) is 17.3 Å². The Balaban J connectivity index is 1.49. The molecule has 1 aliphatic rings. The van der Waals surface area contributed by atoms with Crippen LogP contribution in [-0.4, -0.2) is 37.0 Å². The van der Waals surface area contributed by atoms with Crippen LogP contribution in [-0.2, 0) is 6.54 Å². The van der Waals surface area contributed by atoms with Crippen molar-refractivity contribution in [1.29, 1.82) is 0 Å². The lowest BCUT2D eigenvalue weighted by atomic mass is 10.0. The number of halogens is 1. The number of aryl methyl sites for hydroxylation is 1. The topological polar surface area (TPSA) is 54.7 Å². The molecule has 25 heavy (non-hydrogen) atoms. The second-order valence-electron chi connectivity index (χ2n) is 6.43. The van der Waals surface area contributed by atoms with E-state index in [4.69, 9.17) is 9.15 Å². The van der Waals surface area contributed by atoms with Crippen LogP contribution in [0.1, 0.15) is 34.5 Å². The van der Waals surface area contributed by atoms with Gasteiger partial charge >= 0.3 is 0 Å². The molecule has 1 aromatic carbocycles. The van der Waals surface area contributed by atoms with Crippen LogP contribution >= 0.6 is 0 Å². The van der Waals surface area contributed by atoms with Crippen molar-refractivity contribution in [2.24, 2.45) is 0 Å². The Labute approximate surface area is 146 Å². The van der Waals surface area contributed by atoms with Crippen LogP contribution in [0.15, 0.2) is 34.9 Å². The first-order valence-electron chi connectivity index (χ1n) is 8.46. The molecule has 2 heterocycles. The summed E-state index contributed by atoms with van der Waals surface area (Å²) in [7, 11) is 1.46. The number of furan rings is 1. The second kappa shape index (κ2) is 7.70. The minimum atomic E-state index is -0.337. The summed E-state index contributed by atoms with van der Waals surface area (Å²) in [5, 5.41) is 3.03. The molecule has 0 bridgehead atoms. The number of benzene rings is 1. The SMILES string of the molecule is COc1ccc(CN2CCC(NC(=O)c3occc3C)CC2)cc1F. The van der Waals surface area contributed by atoms with E-state index in [2.05, 4.69) is 10.2 Å². The molecule has 0 atom stereocenters. The highest BCUT2D eigenvalue weighted by Gasteiger charge is 2.23. The quantitative estimate of drug-likeness (QED) is 0.904. The summed E-state index contributed by atoms with van der Waals surface area (Å²) in [4.78, 5) is 14.5. The predicted octanol–water partition coefficient (Wildman–Crippen LogP) is 3.13. The number of likely N-dealkylation sites (tertiary alicyclic amines) is 1. The van der Waals surface area contributed by atoms with Crippen molar-refractivity contribution in [2.75, 3.05) is 20.2 Å². The van der Waals surface area contributed by atoms with Crippen LogP contribution in [0.4, 0.5) is 4.39 Å². The average molecular weight is 346 g/mol. The average Bonchev–Trinajstić information content (AvgIpc) is 3.03. The smallest absolute Gasteiger partial charge is 0.287 e. The Hall–Kier alpha value is -2.34. The molecular weight excluding hydrogens is 323 g/mol. The van der Waals surface area contributed by atoms with E-state index in [1.165, 1.54) is 19.4 Å². The van der Waals surface area contributed by atoms with Gasteiger partial charge in [0.25, 0.3) is 5.91 Å². The molecule has 2 aromatic rings. The molecule has 0 spiro atoms. The van der Waals surface area contributed by atoms with Crippen molar-refractivity contribution < 1.29 is 18.3 Å². The number of methoxy groups -OCH3 is 1. The van der Waals surface area contributed by atoms with E-state index in [1.54, 1.807) is 12.1 Å². The molecule has 134 valence electrons. The van der Waals surface area contributed by atoms with E-state index in [9.17, 15) is 9.18 Å². The number of ether oxygens (including phenoxy) is 1. The Bertz CT molecular complexity index is 736. The maximum Gasteiger partial charge on any atom is 0.287 e. The highest BCUT2D eigenvalue weighted by Crippen LogP contribution is 2.20. The van der Waals surface area contributed by atoms with Gasteiger partial charge in [0.1, 0.15) is 0 Å². The lowest BCUT2D eigenvalue weighted by Crippen LogP contribution is -2.44. The van der Waals surface area contributed by atoms with Gasteiger partial charge in [-0.15, -0.1) is 0 Å². The molecule has 0 saturated carbocycles. The number of rotatable bonds is 5. The molecule has 1 aliphatic heterocycles. The molecule has 6 heteroatoms. The lowest BCUT2D eigenvalue weighted by Gasteiger charge is -2.32. The van der Waals surface area contributed by atoms with Gasteiger partial charge in [0.2, 0.25) is 0 Å². The number of hydrogen-bond acceptors (Lipinski definition) is 4. The Morgan fingerprint density at radius 1 is 1.36 bits per heavy atom. The van der Waals surface area contributed by atoms with Gasteiger partial charge in [0.05, 0.1) is 13.4 Å². The summed E-state index contributed by atoms with van der Waals surface area (Å²) in [5.41, 5.74) is 1.77. The van der Waals surface area contributed by atoms with Gasteiger partial charge in [0, 0.05) is 31.2 Å². The van der Waals surface area contributed by atoms with E-state index in [-0.39, 0.29) is 23.5 Å². The summed E-state index contributed by atoms with van der Waals surface area (Å²) >= 11 is 0. The molecule has 0 unspecified atom stereocenters. The van der Waals surface area contributed by atoms with Crippen LogP contribution in [0, 0.1) is 12.7 Å². The van der Waals surface area contributed by atoms with Gasteiger partial charge in [-0.25, -0.2) is 4.39 Å². The van der Waals surface area contributed by atoms with Crippen LogP contribution in [0.25, 0.3) is 0 Å². The van der Waals surface area contributed by atoms with Gasteiger partial charge in [-0.3, -0.25) is 9.69 Å². The van der Waals surface area contributed by atoms with E-state index in [0.717, 1.165) is 37.1 Å². The van der Waals surface area contributed by atoms with Crippen molar-refractivity contribution in [3.63, 3.8) is 0 Å². The van der Waals surface area contributed by atoms with Gasteiger partial charge in [-0.1, -0.05) is 6.07 Å². The van der Waals surface area contributed by atoms with E-state index < -0.39 is 0 Å². The molecule has 1 saturated heterocycles. The number of carbonyl (C=O) groups is 1. The van der Waals surface area contributed by atoms with Crippen LogP contribution < -0.4 is 10.1 Å². The number of amides is 1. The van der Waals surface area contributed by atoms with Gasteiger partial charge < -0.3 is 14.5 Å². The predicted molar refractivity (Wildman–Crippen MR) is 92.2 cm³/mol. The highest BCUT2D eigenvalue weighted by molar-refractivity contribution is 5.92. The number of nitrogens with zero attached hydrogens (tertiary/aromatic N) is 1. The first-order chi connectivity index (χ1) is 12.1. The maximum absolute atomic E-state index is 13.8. The molecule has 1 fully saturated rings. The zero-order chi connectivity index (χ0) is 17.8. The van der Waals surface area contributed by atoms with Crippen molar-refractivity contribution in [2.45, 2.75) is 32.4 Å². The van der Waals surface area contributed by atoms with Gasteiger partial charge in [-0.2, -0.15) is 0 Å². The fourth-order valence-electron chi connectivity index (χ4n) is 3.16. The summed E-state index contributed by atoms with van der Waals surface area (Å²) in [5.74, 6) is 0.156. The van der Waals surface area contributed by atoms with Crippen LogP contribution in [0.5, 0.6) is 5.75 Å². The van der Waals surface area contributed by atoms with E-state index >= 15 is 0 Å². The fraction of sp³-hybridized carbons (Fsp3) is 0.421. The standard InChI is InChI=1S/C19H23FN2O3/c1-13-7-10-25-18(13)19(23)21-15-5-8-22(9-6-15)12-14-3-4-17(24-2)16(20)11-14/h3-4,7,10-11,15H,5-6,8-9,12H2,1-2H3,(H,21,23). The summed E-state index contributed by atoms with van der Waals surface area (Å²) in [6.45, 7) is 4.26. The minimum absolute atomic E-state index is 0.140. The van der Waals surface area contributed by atoms with E-state index in [0.29, 0.717) is 12.3 Å². The van der Waals surface area contributed by atoms with Crippen LogP contribution in [0.3, 0.4) is 0 Å². The van der Waals surface area contributed by atoms with E-state index in [1.807, 2.05) is 13.0 Å². The molecule has 1 N–H and O–H groups in total. The summed E-state index contributed by atoms with van der Waals surface area (Å²) in [6, 6.07) is 6.98. The highest BCUT2D eigenvalue weighted by atomic mass is 19.1. The molecule has 1 aromatic heterocycles. The molecule has 1 amide bonds. The Kier molecular flexibility index (Phi) is 5.38. The molecule has 5 nitrogen and oxygen atoms in total.